The molecule has 9 nitrogen and oxygen atoms in total. The summed E-state index contributed by atoms with van der Waals surface area (Å²) in [6.45, 7) is 0. The van der Waals surface area contributed by atoms with Crippen LogP contribution in [0.5, 0.6) is 5.75 Å². The number of carbonyl (C=O) groups excluding carboxylic acids is 1. The zero-order valence-corrected chi connectivity index (χ0v) is 14.1. The predicted octanol–water partition coefficient (Wildman–Crippen LogP) is 2.77. The molecule has 4 aromatic rings. The summed E-state index contributed by atoms with van der Waals surface area (Å²) in [6.07, 6.45) is 0. The van der Waals surface area contributed by atoms with Crippen molar-refractivity contribution in [2.75, 3.05) is 12.8 Å². The van der Waals surface area contributed by atoms with Gasteiger partial charge in [-0.2, -0.15) is 4.68 Å². The number of benzene rings is 2. The molecule has 2 N–H and O–H groups in total. The van der Waals surface area contributed by atoms with Gasteiger partial charge in [-0.1, -0.05) is 12.1 Å². The fourth-order valence-electron chi connectivity index (χ4n) is 2.90. The summed E-state index contributed by atoms with van der Waals surface area (Å²) >= 11 is 0. The predicted molar refractivity (Wildman–Crippen MR) is 98.8 cm³/mol. The number of para-hydroxylation sites is 1. The first kappa shape index (κ1) is 16.5. The number of nitrogens with zero attached hydrogens (tertiary/aromatic N) is 4. The molecule has 27 heavy (non-hydrogen) atoms. The third kappa shape index (κ3) is 2.61. The van der Waals surface area contributed by atoms with E-state index in [0.717, 1.165) is 10.1 Å². The van der Waals surface area contributed by atoms with Crippen LogP contribution in [0.3, 0.4) is 0 Å². The molecule has 0 aliphatic rings. The van der Waals surface area contributed by atoms with Gasteiger partial charge in [-0.15, -0.1) is 5.10 Å². The quantitative estimate of drug-likeness (QED) is 0.438. The van der Waals surface area contributed by atoms with Gasteiger partial charge in [0.15, 0.2) is 11.5 Å². The number of ether oxygens (including phenoxy) is 1. The second-order valence-corrected chi connectivity index (χ2v) is 5.79. The minimum Gasteiger partial charge on any atom is -0.497 e. The minimum atomic E-state index is -0.677. The van der Waals surface area contributed by atoms with Crippen LogP contribution in [0.4, 0.5) is 11.5 Å². The lowest BCUT2D eigenvalue weighted by atomic mass is 10.1. The molecular weight excluding hydrogens is 350 g/mol. The lowest BCUT2D eigenvalue weighted by Crippen LogP contribution is -2.16. The molecule has 4 rings (SSSR count). The SMILES string of the molecule is COc1ccc2nc3c(cc2c1)c(N)nn3C(=O)c1ccccc1[N+](=O)[O-]. The molecule has 9 heteroatoms. The average molecular weight is 363 g/mol. The van der Waals surface area contributed by atoms with E-state index < -0.39 is 10.8 Å². The summed E-state index contributed by atoms with van der Waals surface area (Å²) in [5.41, 5.74) is 6.40. The van der Waals surface area contributed by atoms with Crippen molar-refractivity contribution < 1.29 is 14.5 Å². The van der Waals surface area contributed by atoms with E-state index in [1.165, 1.54) is 18.2 Å². The summed E-state index contributed by atoms with van der Waals surface area (Å²) < 4.78 is 6.20. The van der Waals surface area contributed by atoms with Crippen molar-refractivity contribution in [2.45, 2.75) is 0 Å². The zero-order chi connectivity index (χ0) is 19.1. The lowest BCUT2D eigenvalue weighted by Gasteiger charge is -2.05. The van der Waals surface area contributed by atoms with Crippen molar-refractivity contribution in [3.05, 3.63) is 64.2 Å². The molecule has 0 amide bonds. The van der Waals surface area contributed by atoms with Gasteiger partial charge < -0.3 is 10.5 Å². The van der Waals surface area contributed by atoms with Crippen molar-refractivity contribution in [1.82, 2.24) is 14.8 Å². The molecule has 2 aromatic carbocycles. The Balaban J connectivity index is 1.94. The standard InChI is InChI=1S/C18H13N5O4/c1-27-11-6-7-14-10(8-11)9-13-16(19)21-22(17(13)20-14)18(24)12-4-2-3-5-15(12)23(25)26/h2-9H,1H3,(H2,19,21). The molecule has 0 aliphatic carbocycles. The highest BCUT2D eigenvalue weighted by Crippen LogP contribution is 2.28. The number of nitro benzene ring substituents is 1. The number of hydrogen-bond donors (Lipinski definition) is 1. The molecular formula is C18H13N5O4. The van der Waals surface area contributed by atoms with Crippen molar-refractivity contribution in [2.24, 2.45) is 0 Å². The molecule has 0 atom stereocenters. The summed E-state index contributed by atoms with van der Waals surface area (Å²) in [5.74, 6) is 0.0871. The minimum absolute atomic E-state index is 0.0940. The van der Waals surface area contributed by atoms with Crippen LogP contribution in [-0.4, -0.2) is 32.7 Å². The zero-order valence-electron chi connectivity index (χ0n) is 14.1. The molecule has 0 bridgehead atoms. The van der Waals surface area contributed by atoms with Gasteiger partial charge in [-0.3, -0.25) is 14.9 Å². The number of pyridine rings is 1. The van der Waals surface area contributed by atoms with Gasteiger partial charge in [0.1, 0.15) is 11.3 Å². The van der Waals surface area contributed by atoms with E-state index in [4.69, 9.17) is 10.5 Å². The molecule has 0 aliphatic heterocycles. The number of nitro groups is 1. The Labute approximate surface area is 152 Å². The fourth-order valence-corrected chi connectivity index (χ4v) is 2.90. The number of rotatable bonds is 3. The van der Waals surface area contributed by atoms with Gasteiger partial charge in [0.2, 0.25) is 0 Å². The van der Waals surface area contributed by atoms with E-state index in [1.54, 1.807) is 37.4 Å². The molecule has 0 unspecified atom stereocenters. The van der Waals surface area contributed by atoms with Gasteiger partial charge in [0.05, 0.1) is 22.9 Å². The largest absolute Gasteiger partial charge is 0.497 e. The normalized spacial score (nSPS) is 11.0. The number of anilines is 1. The number of methoxy groups -OCH3 is 1. The monoisotopic (exact) mass is 363 g/mol. The highest BCUT2D eigenvalue weighted by Gasteiger charge is 2.24. The maximum atomic E-state index is 12.9. The van der Waals surface area contributed by atoms with Crippen LogP contribution in [0, 0.1) is 10.1 Å². The molecule has 0 fully saturated rings. The number of nitrogens with two attached hydrogens (primary N) is 1. The van der Waals surface area contributed by atoms with Crippen LogP contribution in [-0.2, 0) is 0 Å². The topological polar surface area (TPSA) is 126 Å². The average Bonchev–Trinajstić information content (AvgIpc) is 3.01. The van der Waals surface area contributed by atoms with E-state index in [-0.39, 0.29) is 22.7 Å². The smallest absolute Gasteiger partial charge is 0.287 e. The van der Waals surface area contributed by atoms with Gasteiger partial charge in [0, 0.05) is 11.5 Å². The van der Waals surface area contributed by atoms with Crippen molar-refractivity contribution in [3.63, 3.8) is 0 Å². The third-order valence-electron chi connectivity index (χ3n) is 4.21. The van der Waals surface area contributed by atoms with Crippen LogP contribution < -0.4 is 10.5 Å². The van der Waals surface area contributed by atoms with Gasteiger partial charge >= 0.3 is 0 Å². The van der Waals surface area contributed by atoms with E-state index in [1.807, 2.05) is 0 Å². The number of carbonyl (C=O) groups is 1. The Morgan fingerprint density at radius 2 is 2.00 bits per heavy atom. The molecule has 0 radical (unpaired) electrons. The highest BCUT2D eigenvalue weighted by molar-refractivity contribution is 6.06. The summed E-state index contributed by atoms with van der Waals surface area (Å²) in [7, 11) is 1.56. The second-order valence-electron chi connectivity index (χ2n) is 5.79. The Hall–Kier alpha value is -4.01. The second kappa shape index (κ2) is 6.06. The first-order valence-electron chi connectivity index (χ1n) is 7.90. The Kier molecular flexibility index (Phi) is 3.69. The molecule has 0 saturated carbocycles. The third-order valence-corrected chi connectivity index (χ3v) is 4.21. The highest BCUT2D eigenvalue weighted by atomic mass is 16.6. The molecule has 0 spiro atoms. The van der Waals surface area contributed by atoms with Crippen LogP contribution in [0.25, 0.3) is 21.9 Å². The van der Waals surface area contributed by atoms with E-state index in [0.29, 0.717) is 16.7 Å². The fraction of sp³-hybridized carbons (Fsp3) is 0.0556. The van der Waals surface area contributed by atoms with Crippen LogP contribution in [0.2, 0.25) is 0 Å². The van der Waals surface area contributed by atoms with Gasteiger partial charge in [-0.25, -0.2) is 4.98 Å². The number of aromatic nitrogens is 3. The van der Waals surface area contributed by atoms with Crippen molar-refractivity contribution >= 4 is 39.3 Å². The maximum absolute atomic E-state index is 12.9. The Morgan fingerprint density at radius 1 is 1.22 bits per heavy atom. The Morgan fingerprint density at radius 3 is 2.74 bits per heavy atom. The van der Waals surface area contributed by atoms with Gasteiger partial charge in [0.25, 0.3) is 11.6 Å². The molecule has 0 saturated heterocycles. The van der Waals surface area contributed by atoms with E-state index >= 15 is 0 Å². The first-order valence-corrected chi connectivity index (χ1v) is 7.90. The molecule has 134 valence electrons. The van der Waals surface area contributed by atoms with Gasteiger partial charge in [-0.05, 0) is 30.3 Å². The van der Waals surface area contributed by atoms with E-state index in [9.17, 15) is 14.9 Å². The maximum Gasteiger partial charge on any atom is 0.287 e. The van der Waals surface area contributed by atoms with Crippen molar-refractivity contribution in [3.8, 4) is 5.75 Å². The first-order chi connectivity index (χ1) is 13.0. The summed E-state index contributed by atoms with van der Waals surface area (Å²) in [4.78, 5) is 28.0. The Bertz CT molecular complexity index is 1230. The lowest BCUT2D eigenvalue weighted by molar-refractivity contribution is -0.385. The number of fused-ring (bicyclic) bond motifs is 2. The molecule has 2 heterocycles. The number of nitrogen functional groups attached to an aromatic ring is 1. The summed E-state index contributed by atoms with van der Waals surface area (Å²) in [5, 5.41) is 16.5. The molecule has 2 aromatic heterocycles. The van der Waals surface area contributed by atoms with Crippen LogP contribution in [0.1, 0.15) is 10.4 Å². The van der Waals surface area contributed by atoms with Crippen LogP contribution >= 0.6 is 0 Å². The van der Waals surface area contributed by atoms with Crippen molar-refractivity contribution in [1.29, 1.82) is 0 Å². The number of hydrogen-bond acceptors (Lipinski definition) is 7. The van der Waals surface area contributed by atoms with E-state index in [2.05, 4.69) is 10.1 Å². The summed E-state index contributed by atoms with van der Waals surface area (Å²) in [6, 6.07) is 12.7. The van der Waals surface area contributed by atoms with Crippen LogP contribution in [0.15, 0.2) is 48.5 Å².